The van der Waals surface area contributed by atoms with Crippen LogP contribution in [0.3, 0.4) is 0 Å². The second kappa shape index (κ2) is 10.9. The van der Waals surface area contributed by atoms with Gasteiger partial charge in [-0.1, -0.05) is 24.3 Å². The number of carbonyl (C=O) groups is 1. The van der Waals surface area contributed by atoms with Crippen LogP contribution in [0.4, 0.5) is 4.39 Å². The SMILES string of the molecule is O=C(NCCSCc1ccccc1F)c1cccc(S(=O)(=O)NCC2CCCO2)c1. The Labute approximate surface area is 180 Å². The molecule has 0 radical (unpaired) electrons. The number of hydrogen-bond donors (Lipinski definition) is 2. The predicted molar refractivity (Wildman–Crippen MR) is 115 cm³/mol. The molecule has 1 aliphatic rings. The van der Waals surface area contributed by atoms with E-state index in [9.17, 15) is 17.6 Å². The molecule has 0 aromatic heterocycles. The lowest BCUT2D eigenvalue weighted by Gasteiger charge is -2.12. The molecule has 1 fully saturated rings. The lowest BCUT2D eigenvalue weighted by Crippen LogP contribution is -2.32. The van der Waals surface area contributed by atoms with Crippen LogP contribution in [0.5, 0.6) is 0 Å². The number of thioether (sulfide) groups is 1. The zero-order valence-corrected chi connectivity index (χ0v) is 18.1. The van der Waals surface area contributed by atoms with Gasteiger partial charge in [-0.15, -0.1) is 0 Å². The fourth-order valence-corrected chi connectivity index (χ4v) is 4.99. The van der Waals surface area contributed by atoms with Crippen molar-refractivity contribution < 1.29 is 22.3 Å². The highest BCUT2D eigenvalue weighted by atomic mass is 32.2. The van der Waals surface area contributed by atoms with Gasteiger partial charge in [-0.2, -0.15) is 11.8 Å². The molecule has 1 amide bonds. The summed E-state index contributed by atoms with van der Waals surface area (Å²) in [5.41, 5.74) is 0.899. The number of nitrogens with one attached hydrogen (secondary N) is 2. The standard InChI is InChI=1S/C21H25FN2O4S2/c22-20-9-2-1-5-17(20)15-29-12-10-23-21(25)16-6-3-8-19(13-16)30(26,27)24-14-18-7-4-11-28-18/h1-3,5-6,8-9,13,18,24H,4,7,10-12,14-15H2,(H,23,25). The van der Waals surface area contributed by atoms with Crippen molar-refractivity contribution in [1.29, 1.82) is 0 Å². The normalized spacial score (nSPS) is 16.5. The Morgan fingerprint density at radius 2 is 2.03 bits per heavy atom. The van der Waals surface area contributed by atoms with E-state index in [1.807, 2.05) is 0 Å². The number of rotatable bonds is 10. The van der Waals surface area contributed by atoms with Gasteiger partial charge in [-0.25, -0.2) is 17.5 Å². The van der Waals surface area contributed by atoms with Crippen LogP contribution < -0.4 is 10.0 Å². The van der Waals surface area contributed by atoms with Crippen LogP contribution in [0.25, 0.3) is 0 Å². The van der Waals surface area contributed by atoms with Crippen LogP contribution in [0.2, 0.25) is 0 Å². The van der Waals surface area contributed by atoms with Gasteiger partial charge in [0.1, 0.15) is 5.82 Å². The molecule has 0 bridgehead atoms. The van der Waals surface area contributed by atoms with E-state index in [0.29, 0.717) is 30.2 Å². The molecule has 1 heterocycles. The Hall–Kier alpha value is -1.94. The Balaban J connectivity index is 1.47. The van der Waals surface area contributed by atoms with Crippen molar-refractivity contribution in [3.8, 4) is 0 Å². The van der Waals surface area contributed by atoms with Gasteiger partial charge in [0.2, 0.25) is 10.0 Å². The van der Waals surface area contributed by atoms with Gasteiger partial charge in [-0.3, -0.25) is 4.79 Å². The summed E-state index contributed by atoms with van der Waals surface area (Å²) >= 11 is 1.51. The summed E-state index contributed by atoms with van der Waals surface area (Å²) in [4.78, 5) is 12.4. The molecule has 1 aliphatic heterocycles. The number of carbonyl (C=O) groups excluding carboxylic acids is 1. The van der Waals surface area contributed by atoms with Gasteiger partial charge in [0, 0.05) is 36.8 Å². The van der Waals surface area contributed by atoms with Gasteiger partial charge in [-0.05, 0) is 42.7 Å². The molecule has 30 heavy (non-hydrogen) atoms. The Morgan fingerprint density at radius 3 is 2.80 bits per heavy atom. The zero-order valence-electron chi connectivity index (χ0n) is 16.5. The smallest absolute Gasteiger partial charge is 0.251 e. The maximum absolute atomic E-state index is 13.6. The molecule has 0 aliphatic carbocycles. The van der Waals surface area contributed by atoms with E-state index in [1.165, 1.54) is 30.0 Å². The van der Waals surface area contributed by atoms with Gasteiger partial charge >= 0.3 is 0 Å². The molecule has 0 spiro atoms. The summed E-state index contributed by atoms with van der Waals surface area (Å²) in [5.74, 6) is 0.547. The van der Waals surface area contributed by atoms with Crippen molar-refractivity contribution in [1.82, 2.24) is 10.0 Å². The molecule has 1 unspecified atom stereocenters. The number of benzene rings is 2. The molecular weight excluding hydrogens is 427 g/mol. The van der Waals surface area contributed by atoms with Crippen molar-refractivity contribution in [3.63, 3.8) is 0 Å². The molecule has 2 aromatic carbocycles. The molecule has 2 N–H and O–H groups in total. The molecule has 6 nitrogen and oxygen atoms in total. The van der Waals surface area contributed by atoms with Crippen molar-refractivity contribution in [2.75, 3.05) is 25.4 Å². The molecule has 0 saturated carbocycles. The van der Waals surface area contributed by atoms with E-state index in [1.54, 1.807) is 30.3 Å². The van der Waals surface area contributed by atoms with Crippen molar-refractivity contribution in [2.45, 2.75) is 29.6 Å². The Kier molecular flexibility index (Phi) is 8.26. The summed E-state index contributed by atoms with van der Waals surface area (Å²) in [6, 6.07) is 12.5. The Morgan fingerprint density at radius 1 is 1.20 bits per heavy atom. The Bertz CT molecular complexity index is 963. The number of ether oxygens (including phenoxy) is 1. The van der Waals surface area contributed by atoms with Crippen LogP contribution in [-0.4, -0.2) is 45.9 Å². The van der Waals surface area contributed by atoms with Crippen LogP contribution in [0.15, 0.2) is 53.4 Å². The third-order valence-corrected chi connectivity index (χ3v) is 7.11. The number of hydrogen-bond acceptors (Lipinski definition) is 5. The van der Waals surface area contributed by atoms with E-state index in [-0.39, 0.29) is 34.8 Å². The molecule has 162 valence electrons. The summed E-state index contributed by atoms with van der Waals surface area (Å²) < 4.78 is 46.5. The summed E-state index contributed by atoms with van der Waals surface area (Å²) in [6.07, 6.45) is 1.66. The molecule has 9 heteroatoms. The second-order valence-electron chi connectivity index (χ2n) is 6.91. The monoisotopic (exact) mass is 452 g/mol. The van der Waals surface area contributed by atoms with E-state index < -0.39 is 10.0 Å². The van der Waals surface area contributed by atoms with Gasteiger partial charge < -0.3 is 10.1 Å². The second-order valence-corrected chi connectivity index (χ2v) is 9.79. The lowest BCUT2D eigenvalue weighted by molar-refractivity contribution is 0.0956. The van der Waals surface area contributed by atoms with Gasteiger partial charge in [0.05, 0.1) is 11.0 Å². The predicted octanol–water partition coefficient (Wildman–Crippen LogP) is 2.95. The molecule has 3 rings (SSSR count). The van der Waals surface area contributed by atoms with Gasteiger partial charge in [0.25, 0.3) is 5.91 Å². The number of halogens is 1. The minimum absolute atomic E-state index is 0.0436. The fraction of sp³-hybridized carbons (Fsp3) is 0.381. The first-order valence-corrected chi connectivity index (χ1v) is 12.4. The van der Waals surface area contributed by atoms with Crippen LogP contribution in [0, 0.1) is 5.82 Å². The maximum atomic E-state index is 13.6. The van der Waals surface area contributed by atoms with Crippen molar-refractivity contribution >= 4 is 27.7 Å². The number of amides is 1. The summed E-state index contributed by atoms with van der Waals surface area (Å²) in [7, 11) is -3.72. The molecule has 1 atom stereocenters. The topological polar surface area (TPSA) is 84.5 Å². The van der Waals surface area contributed by atoms with E-state index in [2.05, 4.69) is 10.0 Å². The maximum Gasteiger partial charge on any atom is 0.251 e. The highest BCUT2D eigenvalue weighted by Gasteiger charge is 2.21. The number of sulfonamides is 1. The largest absolute Gasteiger partial charge is 0.377 e. The first-order valence-electron chi connectivity index (χ1n) is 9.76. The minimum atomic E-state index is -3.72. The van der Waals surface area contributed by atoms with E-state index in [0.717, 1.165) is 12.8 Å². The molecule has 1 saturated heterocycles. The van der Waals surface area contributed by atoms with Crippen LogP contribution in [-0.2, 0) is 20.5 Å². The summed E-state index contributed by atoms with van der Waals surface area (Å²) in [6.45, 7) is 1.27. The average molecular weight is 453 g/mol. The quantitative estimate of drug-likeness (QED) is 0.542. The van der Waals surface area contributed by atoms with Crippen LogP contribution >= 0.6 is 11.8 Å². The zero-order chi connectivity index (χ0) is 21.4. The van der Waals surface area contributed by atoms with E-state index in [4.69, 9.17) is 4.74 Å². The average Bonchev–Trinajstić information content (AvgIpc) is 3.27. The summed E-state index contributed by atoms with van der Waals surface area (Å²) in [5, 5.41) is 2.77. The lowest BCUT2D eigenvalue weighted by atomic mass is 10.2. The third kappa shape index (κ3) is 6.53. The highest BCUT2D eigenvalue weighted by molar-refractivity contribution is 7.98. The third-order valence-electron chi connectivity index (χ3n) is 4.68. The van der Waals surface area contributed by atoms with Crippen LogP contribution in [0.1, 0.15) is 28.8 Å². The minimum Gasteiger partial charge on any atom is -0.377 e. The molecule has 2 aromatic rings. The first kappa shape index (κ1) is 22.7. The van der Waals surface area contributed by atoms with E-state index >= 15 is 0 Å². The van der Waals surface area contributed by atoms with Crippen molar-refractivity contribution in [3.05, 3.63) is 65.5 Å². The highest BCUT2D eigenvalue weighted by Crippen LogP contribution is 2.16. The van der Waals surface area contributed by atoms with Gasteiger partial charge in [0.15, 0.2) is 0 Å². The fourth-order valence-electron chi connectivity index (χ4n) is 3.03. The van der Waals surface area contributed by atoms with Crippen molar-refractivity contribution in [2.24, 2.45) is 0 Å². The molecular formula is C21H25FN2O4S2. The first-order chi connectivity index (χ1) is 14.5.